The van der Waals surface area contributed by atoms with Gasteiger partial charge in [-0.3, -0.25) is 4.79 Å². The van der Waals surface area contributed by atoms with Crippen molar-refractivity contribution in [2.45, 2.75) is 45.1 Å². The zero-order valence-electron chi connectivity index (χ0n) is 18.4. The van der Waals surface area contributed by atoms with Crippen LogP contribution in [0.2, 0.25) is 0 Å². The van der Waals surface area contributed by atoms with E-state index in [4.69, 9.17) is 4.74 Å². The van der Waals surface area contributed by atoms with Gasteiger partial charge in [-0.1, -0.05) is 24.6 Å². The molecule has 0 radical (unpaired) electrons. The van der Waals surface area contributed by atoms with Gasteiger partial charge in [-0.25, -0.2) is 0 Å². The van der Waals surface area contributed by atoms with Gasteiger partial charge in [0.1, 0.15) is 22.5 Å². The fourth-order valence-corrected chi connectivity index (χ4v) is 5.55. The van der Waals surface area contributed by atoms with Gasteiger partial charge in [0.15, 0.2) is 6.61 Å². The third kappa shape index (κ3) is 4.21. The van der Waals surface area contributed by atoms with Gasteiger partial charge >= 0.3 is 0 Å². The number of amides is 1. The maximum Gasteiger partial charge on any atom is 0.258 e. The fraction of sp³-hybridized carbons (Fsp3) is 0.480. The van der Waals surface area contributed by atoms with E-state index < -0.39 is 0 Å². The topological polar surface area (TPSA) is 89.3 Å². The SMILES string of the molecule is CC(NC(=O)COc1ccc(CCO)cc1-n1nc2ccccc2n1)C1CC2CCC1C2. The Labute approximate surface area is 187 Å². The van der Waals surface area contributed by atoms with Crippen LogP contribution in [0.3, 0.4) is 0 Å². The van der Waals surface area contributed by atoms with Gasteiger partial charge in [-0.05, 0) is 80.2 Å². The van der Waals surface area contributed by atoms with E-state index in [9.17, 15) is 9.90 Å². The molecule has 2 N–H and O–H groups in total. The van der Waals surface area contributed by atoms with Crippen LogP contribution in [0.4, 0.5) is 0 Å². The standard InChI is InChI=1S/C25H30N4O3/c1-16(20-13-18-6-8-19(20)12-18)26-25(31)15-32-24-9-7-17(10-11-30)14-23(24)29-27-21-4-2-3-5-22(21)28-29/h2-5,7,9,14,16,18-20,30H,6,8,10-13,15H2,1H3,(H,26,31). The molecule has 2 aliphatic rings. The minimum atomic E-state index is -0.107. The molecule has 2 saturated carbocycles. The second-order valence-electron chi connectivity index (χ2n) is 9.24. The summed E-state index contributed by atoms with van der Waals surface area (Å²) in [6.45, 7) is 2.12. The molecule has 1 aromatic heterocycles. The highest BCUT2D eigenvalue weighted by Crippen LogP contribution is 2.49. The van der Waals surface area contributed by atoms with E-state index in [1.807, 2.05) is 42.5 Å². The van der Waals surface area contributed by atoms with E-state index >= 15 is 0 Å². The molecule has 5 rings (SSSR count). The number of hydrogen-bond acceptors (Lipinski definition) is 5. The number of rotatable bonds is 8. The molecular weight excluding hydrogens is 404 g/mol. The number of aliphatic hydroxyl groups is 1. The maximum absolute atomic E-state index is 12.6. The van der Waals surface area contributed by atoms with Crippen LogP contribution in [-0.4, -0.2) is 45.3 Å². The lowest BCUT2D eigenvalue weighted by Gasteiger charge is -2.28. The first-order valence-electron chi connectivity index (χ1n) is 11.6. The average Bonchev–Trinajstić information content (AvgIpc) is 3.53. The summed E-state index contributed by atoms with van der Waals surface area (Å²) < 4.78 is 5.93. The lowest BCUT2D eigenvalue weighted by atomic mass is 9.84. The quantitative estimate of drug-likeness (QED) is 0.568. The Morgan fingerprint density at radius 1 is 1.19 bits per heavy atom. The summed E-state index contributed by atoms with van der Waals surface area (Å²) in [5.41, 5.74) is 3.17. The molecule has 7 nitrogen and oxygen atoms in total. The van der Waals surface area contributed by atoms with E-state index in [1.54, 1.807) is 0 Å². The van der Waals surface area contributed by atoms with Crippen molar-refractivity contribution in [2.24, 2.45) is 17.8 Å². The molecule has 32 heavy (non-hydrogen) atoms. The summed E-state index contributed by atoms with van der Waals surface area (Å²) >= 11 is 0. The number of hydrogen-bond donors (Lipinski definition) is 2. The van der Waals surface area contributed by atoms with Crippen molar-refractivity contribution < 1.29 is 14.6 Å². The summed E-state index contributed by atoms with van der Waals surface area (Å²) in [5, 5.41) is 21.6. The van der Waals surface area contributed by atoms with Gasteiger partial charge in [0.05, 0.1) is 0 Å². The summed E-state index contributed by atoms with van der Waals surface area (Å²) in [5.74, 6) is 2.64. The highest BCUT2D eigenvalue weighted by atomic mass is 16.5. The Morgan fingerprint density at radius 2 is 1.97 bits per heavy atom. The van der Waals surface area contributed by atoms with Gasteiger partial charge in [-0.2, -0.15) is 0 Å². The Hall–Kier alpha value is -2.93. The van der Waals surface area contributed by atoms with Crippen LogP contribution in [-0.2, 0) is 11.2 Å². The molecule has 0 spiro atoms. The summed E-state index contributed by atoms with van der Waals surface area (Å²) in [6.07, 6.45) is 5.75. The first-order valence-corrected chi connectivity index (χ1v) is 11.6. The van der Waals surface area contributed by atoms with Crippen LogP contribution < -0.4 is 10.1 Å². The lowest BCUT2D eigenvalue weighted by molar-refractivity contribution is -0.124. The van der Waals surface area contributed by atoms with Crippen LogP contribution in [0.15, 0.2) is 42.5 Å². The molecule has 2 aliphatic carbocycles. The molecule has 4 atom stereocenters. The van der Waals surface area contributed by atoms with Gasteiger partial charge in [0.2, 0.25) is 0 Å². The Balaban J connectivity index is 1.30. The van der Waals surface area contributed by atoms with Crippen LogP contribution in [0.5, 0.6) is 5.75 Å². The minimum Gasteiger partial charge on any atom is -0.481 e. The van der Waals surface area contributed by atoms with Crippen molar-refractivity contribution in [3.63, 3.8) is 0 Å². The lowest BCUT2D eigenvalue weighted by Crippen LogP contribution is -2.42. The molecule has 7 heteroatoms. The number of nitrogens with zero attached hydrogens (tertiary/aromatic N) is 3. The van der Waals surface area contributed by atoms with Crippen molar-refractivity contribution in [1.82, 2.24) is 20.3 Å². The third-order valence-electron chi connectivity index (χ3n) is 7.11. The molecule has 0 aliphatic heterocycles. The Bertz CT molecular complexity index is 1080. The number of nitrogens with one attached hydrogen (secondary N) is 1. The number of aliphatic hydroxyl groups excluding tert-OH is 1. The molecule has 3 aromatic rings. The smallest absolute Gasteiger partial charge is 0.258 e. The van der Waals surface area contributed by atoms with Crippen molar-refractivity contribution >= 4 is 16.9 Å². The number of carbonyl (C=O) groups is 1. The van der Waals surface area contributed by atoms with E-state index in [1.165, 1.54) is 30.5 Å². The Kier molecular flexibility index (Phi) is 5.83. The molecular formula is C25H30N4O3. The van der Waals surface area contributed by atoms with Crippen LogP contribution in [0.25, 0.3) is 16.7 Å². The molecule has 4 unspecified atom stereocenters. The first-order chi connectivity index (χ1) is 15.6. The molecule has 1 heterocycles. The van der Waals surface area contributed by atoms with Gasteiger partial charge < -0.3 is 15.2 Å². The monoisotopic (exact) mass is 434 g/mol. The van der Waals surface area contributed by atoms with E-state index in [0.29, 0.717) is 23.8 Å². The van der Waals surface area contributed by atoms with Gasteiger partial charge in [0.25, 0.3) is 5.91 Å². The largest absolute Gasteiger partial charge is 0.481 e. The minimum absolute atomic E-state index is 0.0530. The Morgan fingerprint density at radius 3 is 2.62 bits per heavy atom. The zero-order valence-corrected chi connectivity index (χ0v) is 18.4. The predicted molar refractivity (Wildman–Crippen MR) is 122 cm³/mol. The number of ether oxygens (including phenoxy) is 1. The van der Waals surface area contributed by atoms with Crippen molar-refractivity contribution in [2.75, 3.05) is 13.2 Å². The van der Waals surface area contributed by atoms with Crippen LogP contribution >= 0.6 is 0 Å². The molecule has 2 fully saturated rings. The van der Waals surface area contributed by atoms with Crippen molar-refractivity contribution in [1.29, 1.82) is 0 Å². The number of carbonyl (C=O) groups excluding carboxylic acids is 1. The van der Waals surface area contributed by atoms with Crippen molar-refractivity contribution in [3.05, 3.63) is 48.0 Å². The maximum atomic E-state index is 12.6. The summed E-state index contributed by atoms with van der Waals surface area (Å²) in [4.78, 5) is 14.2. The highest BCUT2D eigenvalue weighted by Gasteiger charge is 2.42. The fourth-order valence-electron chi connectivity index (χ4n) is 5.55. The summed E-state index contributed by atoms with van der Waals surface area (Å²) in [7, 11) is 0. The molecule has 168 valence electrons. The third-order valence-corrected chi connectivity index (χ3v) is 7.11. The predicted octanol–water partition coefficient (Wildman–Crippen LogP) is 3.28. The van der Waals surface area contributed by atoms with Crippen molar-refractivity contribution in [3.8, 4) is 11.4 Å². The van der Waals surface area contributed by atoms with Gasteiger partial charge in [0, 0.05) is 12.6 Å². The molecule has 2 bridgehead atoms. The number of fused-ring (bicyclic) bond motifs is 3. The second-order valence-corrected chi connectivity index (χ2v) is 9.24. The molecule has 0 saturated heterocycles. The zero-order chi connectivity index (χ0) is 22.1. The van der Waals surface area contributed by atoms with Crippen LogP contribution in [0, 0.1) is 17.8 Å². The van der Waals surface area contributed by atoms with E-state index in [2.05, 4.69) is 22.4 Å². The van der Waals surface area contributed by atoms with E-state index in [-0.39, 0.29) is 25.2 Å². The number of aromatic nitrogens is 3. The average molecular weight is 435 g/mol. The summed E-state index contributed by atoms with van der Waals surface area (Å²) in [6, 6.07) is 13.4. The van der Waals surface area contributed by atoms with E-state index in [0.717, 1.165) is 28.4 Å². The van der Waals surface area contributed by atoms with Crippen LogP contribution in [0.1, 0.15) is 38.2 Å². The second kappa shape index (κ2) is 8.90. The number of benzene rings is 2. The normalized spacial score (nSPS) is 22.9. The first kappa shape index (κ1) is 20.9. The highest BCUT2D eigenvalue weighted by molar-refractivity contribution is 5.78. The van der Waals surface area contributed by atoms with Gasteiger partial charge in [-0.15, -0.1) is 15.0 Å². The molecule has 1 amide bonds. The molecule has 2 aromatic carbocycles.